The molecule has 0 spiro atoms. The van der Waals surface area contributed by atoms with E-state index < -0.39 is 5.92 Å². The van der Waals surface area contributed by atoms with E-state index in [1.807, 2.05) is 13.0 Å². The summed E-state index contributed by atoms with van der Waals surface area (Å²) in [5.74, 6) is -3.18. The Morgan fingerprint density at radius 3 is 2.55 bits per heavy atom. The number of likely N-dealkylation sites (N-methyl/N-ethyl adjacent to an activating group) is 1. The number of alkyl halides is 2. The lowest BCUT2D eigenvalue weighted by molar-refractivity contribution is -0.0257. The van der Waals surface area contributed by atoms with Crippen molar-refractivity contribution in [3.63, 3.8) is 0 Å². The van der Waals surface area contributed by atoms with Crippen LogP contribution in [0.3, 0.4) is 0 Å². The van der Waals surface area contributed by atoms with Crippen LogP contribution in [0.25, 0.3) is 0 Å². The molecule has 0 bridgehead atoms. The van der Waals surface area contributed by atoms with E-state index in [9.17, 15) is 13.6 Å². The van der Waals surface area contributed by atoms with Gasteiger partial charge in [-0.25, -0.2) is 8.78 Å². The smallest absolute Gasteiger partial charge is 0.275 e. The van der Waals surface area contributed by atoms with Crippen LogP contribution in [0.1, 0.15) is 39.5 Å². The molecule has 0 radical (unpaired) electrons. The molecule has 4 rings (SSSR count). The van der Waals surface area contributed by atoms with Gasteiger partial charge in [-0.3, -0.25) is 9.69 Å². The van der Waals surface area contributed by atoms with Gasteiger partial charge < -0.3 is 10.2 Å². The topological polar surface area (TPSA) is 35.6 Å². The third-order valence-corrected chi connectivity index (χ3v) is 7.09. The first-order valence-corrected chi connectivity index (χ1v) is 10.8. The van der Waals surface area contributed by atoms with Crippen LogP contribution in [0.4, 0.5) is 14.5 Å². The summed E-state index contributed by atoms with van der Waals surface area (Å²) in [4.78, 5) is 16.9. The van der Waals surface area contributed by atoms with Crippen LogP contribution in [-0.2, 0) is 5.92 Å². The summed E-state index contributed by atoms with van der Waals surface area (Å²) < 4.78 is 30.6. The molecule has 2 aliphatic rings. The number of nitrogens with one attached hydrogen (secondary N) is 1. The number of piperazine rings is 1. The largest absolute Gasteiger partial charge is 0.322 e. The minimum Gasteiger partial charge on any atom is -0.322 e. The Hall–Kier alpha value is -1.58. The number of aryl methyl sites for hydroxylation is 1. The number of hydrogen-bond acceptors (Lipinski definition) is 3. The number of nitrogens with zero attached hydrogens (tertiary/aromatic N) is 2. The molecule has 1 unspecified atom stereocenters. The Labute approximate surface area is 183 Å². The molecule has 7 heteroatoms. The lowest BCUT2D eigenvalue weighted by Crippen LogP contribution is -2.45. The molecule has 2 aromatic carbocycles. The van der Waals surface area contributed by atoms with Crippen molar-refractivity contribution in [3.05, 3.63) is 62.2 Å². The third-order valence-electron chi connectivity index (χ3n) is 5.93. The molecule has 154 valence electrons. The number of benzene rings is 2. The molecule has 2 aromatic rings. The van der Waals surface area contributed by atoms with E-state index >= 15 is 0 Å². The number of amides is 1. The Balaban J connectivity index is 1.56. The third kappa shape index (κ3) is 4.18. The highest BCUT2D eigenvalue weighted by atomic mass is 127. The van der Waals surface area contributed by atoms with Crippen LogP contribution < -0.4 is 5.32 Å². The number of halogens is 3. The number of hydrogen-bond donors (Lipinski definition) is 1. The highest BCUT2D eigenvalue weighted by molar-refractivity contribution is 14.1. The maximum Gasteiger partial charge on any atom is 0.275 e. The zero-order valence-electron chi connectivity index (χ0n) is 16.5. The normalized spacial score (nSPS) is 21.8. The zero-order chi connectivity index (χ0) is 20.8. The van der Waals surface area contributed by atoms with Gasteiger partial charge in [0.2, 0.25) is 0 Å². The second-order valence-electron chi connectivity index (χ2n) is 7.98. The van der Waals surface area contributed by atoms with Crippen molar-refractivity contribution in [2.24, 2.45) is 0 Å². The second-order valence-corrected chi connectivity index (χ2v) is 9.15. The van der Waals surface area contributed by atoms with E-state index in [4.69, 9.17) is 0 Å². The first-order valence-electron chi connectivity index (χ1n) is 9.77. The molecule has 29 heavy (non-hydrogen) atoms. The van der Waals surface area contributed by atoms with Gasteiger partial charge in [0, 0.05) is 59.0 Å². The van der Waals surface area contributed by atoms with Gasteiger partial charge in [-0.05, 0) is 72.0 Å². The molecule has 1 N–H and O–H groups in total. The summed E-state index contributed by atoms with van der Waals surface area (Å²) >= 11 is 2.18. The number of fused-ring (bicyclic) bond motifs is 1. The van der Waals surface area contributed by atoms with Crippen molar-refractivity contribution >= 4 is 34.2 Å². The summed E-state index contributed by atoms with van der Waals surface area (Å²) in [5, 5.41) is 2.78. The lowest BCUT2D eigenvalue weighted by Gasteiger charge is -2.36. The maximum absolute atomic E-state index is 14.8. The molecule has 0 saturated carbocycles. The fraction of sp³-hybridized carbons (Fsp3) is 0.409. The number of carbonyl (C=O) groups excluding carboxylic acids is 1. The summed E-state index contributed by atoms with van der Waals surface area (Å²) in [6.45, 7) is 5.34. The molecule has 0 aromatic heterocycles. The maximum atomic E-state index is 14.8. The van der Waals surface area contributed by atoms with Gasteiger partial charge in [-0.2, -0.15) is 0 Å². The van der Waals surface area contributed by atoms with Crippen LogP contribution in [0.2, 0.25) is 0 Å². The van der Waals surface area contributed by atoms with E-state index in [1.54, 1.807) is 24.3 Å². The Morgan fingerprint density at radius 1 is 1.14 bits per heavy atom. The van der Waals surface area contributed by atoms with E-state index in [0.29, 0.717) is 16.8 Å². The van der Waals surface area contributed by atoms with E-state index in [0.717, 1.165) is 35.3 Å². The van der Waals surface area contributed by atoms with Crippen molar-refractivity contribution in [2.45, 2.75) is 25.3 Å². The fourth-order valence-corrected chi connectivity index (χ4v) is 4.62. The zero-order valence-corrected chi connectivity index (χ0v) is 18.7. The van der Waals surface area contributed by atoms with Crippen LogP contribution in [-0.4, -0.2) is 48.9 Å². The number of carbonyl (C=O) groups is 1. The molecule has 1 heterocycles. The van der Waals surface area contributed by atoms with Crippen molar-refractivity contribution in [1.29, 1.82) is 0 Å². The molecule has 1 fully saturated rings. The molecular formula is C22H24F2IN3O. The molecule has 1 aliphatic heterocycles. The first kappa shape index (κ1) is 20.7. The first-order chi connectivity index (χ1) is 13.7. The van der Waals surface area contributed by atoms with Crippen molar-refractivity contribution in [1.82, 2.24) is 9.80 Å². The second kappa shape index (κ2) is 7.92. The monoisotopic (exact) mass is 511 g/mol. The van der Waals surface area contributed by atoms with Crippen LogP contribution in [0, 0.1) is 10.5 Å². The SMILES string of the molecule is Cc1ccc(C(=O)Nc2ccc3c(c2)C(F)(F)CC3N2CCN(C)CC2)cc1I. The molecule has 1 aliphatic carbocycles. The average Bonchev–Trinajstić information content (AvgIpc) is 2.95. The summed E-state index contributed by atoms with van der Waals surface area (Å²) in [7, 11) is 2.05. The highest BCUT2D eigenvalue weighted by Crippen LogP contribution is 2.50. The average molecular weight is 511 g/mol. The van der Waals surface area contributed by atoms with E-state index in [-0.39, 0.29) is 23.9 Å². The molecule has 4 nitrogen and oxygen atoms in total. The van der Waals surface area contributed by atoms with Gasteiger partial charge in [0.1, 0.15) is 0 Å². The van der Waals surface area contributed by atoms with Crippen LogP contribution >= 0.6 is 22.6 Å². The minimum atomic E-state index is -2.89. The Bertz CT molecular complexity index is 942. The van der Waals surface area contributed by atoms with Crippen LogP contribution in [0.15, 0.2) is 36.4 Å². The van der Waals surface area contributed by atoms with Crippen LogP contribution in [0.5, 0.6) is 0 Å². The van der Waals surface area contributed by atoms with Gasteiger partial charge in [0.15, 0.2) is 0 Å². The summed E-state index contributed by atoms with van der Waals surface area (Å²) in [5.41, 5.74) is 2.74. The van der Waals surface area contributed by atoms with Gasteiger partial charge in [0.05, 0.1) is 0 Å². The van der Waals surface area contributed by atoms with Crippen molar-refractivity contribution in [3.8, 4) is 0 Å². The molecule has 1 atom stereocenters. The van der Waals surface area contributed by atoms with Crippen molar-refractivity contribution in [2.75, 3.05) is 38.5 Å². The summed E-state index contributed by atoms with van der Waals surface area (Å²) in [6, 6.07) is 10.1. The fourth-order valence-electron chi connectivity index (χ4n) is 4.10. The molecule has 1 saturated heterocycles. The minimum absolute atomic E-state index is 0.0396. The molecule has 1 amide bonds. The quantitative estimate of drug-likeness (QED) is 0.611. The summed E-state index contributed by atoms with van der Waals surface area (Å²) in [6.07, 6.45) is -0.195. The lowest BCUT2D eigenvalue weighted by atomic mass is 10.0. The van der Waals surface area contributed by atoms with E-state index in [2.05, 4.69) is 44.8 Å². The van der Waals surface area contributed by atoms with Gasteiger partial charge in [-0.1, -0.05) is 12.1 Å². The Kier molecular flexibility index (Phi) is 5.65. The van der Waals surface area contributed by atoms with Gasteiger partial charge in [-0.15, -0.1) is 0 Å². The Morgan fingerprint density at radius 2 is 1.86 bits per heavy atom. The number of rotatable bonds is 3. The predicted molar refractivity (Wildman–Crippen MR) is 119 cm³/mol. The van der Waals surface area contributed by atoms with Gasteiger partial charge in [0.25, 0.3) is 11.8 Å². The predicted octanol–water partition coefficient (Wildman–Crippen LogP) is 4.64. The van der Waals surface area contributed by atoms with Gasteiger partial charge >= 0.3 is 0 Å². The molecular weight excluding hydrogens is 487 g/mol. The van der Waals surface area contributed by atoms with Crippen molar-refractivity contribution < 1.29 is 13.6 Å². The standard InChI is InChI=1S/C22H24F2IN3O/c1-14-3-4-15(11-19(14)25)21(29)26-16-5-6-17-18(12-16)22(23,24)13-20(17)28-9-7-27(2)8-10-28/h3-6,11-12,20H,7-10,13H2,1-2H3,(H,26,29). The van der Waals surface area contributed by atoms with E-state index in [1.165, 1.54) is 6.07 Å². The number of anilines is 1. The highest BCUT2D eigenvalue weighted by Gasteiger charge is 2.47.